The number of oxazole rings is 1. The van der Waals surface area contributed by atoms with Crippen molar-refractivity contribution >= 4 is 5.91 Å². The molecule has 1 aromatic heterocycles. The van der Waals surface area contributed by atoms with Gasteiger partial charge in [-0.05, 0) is 24.3 Å². The number of aromatic nitrogens is 1. The summed E-state index contributed by atoms with van der Waals surface area (Å²) in [5, 5.41) is 2.98. The van der Waals surface area contributed by atoms with Crippen LogP contribution in [0.4, 0.5) is 0 Å². The topological polar surface area (TPSA) is 70.8 Å². The number of carbonyl (C=O) groups is 1. The first kappa shape index (κ1) is 20.1. The Kier molecular flexibility index (Phi) is 6.92. The number of hydrogen-bond donors (Lipinski definition) is 1. The molecule has 0 saturated carbocycles. The van der Waals surface area contributed by atoms with E-state index in [4.69, 9.17) is 9.15 Å². The molecule has 0 atom stereocenters. The third kappa shape index (κ3) is 5.88. The fourth-order valence-electron chi connectivity index (χ4n) is 3.90. The van der Waals surface area contributed by atoms with Crippen LogP contribution < -0.4 is 5.32 Å². The van der Waals surface area contributed by atoms with Crippen molar-refractivity contribution in [1.29, 1.82) is 0 Å². The largest absolute Gasteiger partial charge is 0.447 e. The standard InChI is InChI=1S/C22H30N4O3/c27-22(23-14-18-6-12-28-13-7-18)20-17-29-21(24-20)16-26-10-8-25(9-11-26)15-19-4-2-1-3-5-19/h1-5,17-18H,6-16H2,(H,23,27). The van der Waals surface area contributed by atoms with E-state index in [9.17, 15) is 4.79 Å². The quantitative estimate of drug-likeness (QED) is 0.771. The highest BCUT2D eigenvalue weighted by Gasteiger charge is 2.21. The van der Waals surface area contributed by atoms with Gasteiger partial charge in [0.1, 0.15) is 6.26 Å². The molecule has 7 nitrogen and oxygen atoms in total. The first-order chi connectivity index (χ1) is 14.3. The summed E-state index contributed by atoms with van der Waals surface area (Å²) < 4.78 is 10.9. The summed E-state index contributed by atoms with van der Waals surface area (Å²) in [4.78, 5) is 21.5. The summed E-state index contributed by atoms with van der Waals surface area (Å²) in [6.07, 6.45) is 3.47. The smallest absolute Gasteiger partial charge is 0.273 e. The van der Waals surface area contributed by atoms with E-state index in [0.717, 1.165) is 58.8 Å². The van der Waals surface area contributed by atoms with Crippen LogP contribution in [0.2, 0.25) is 0 Å². The number of piperazine rings is 1. The maximum Gasteiger partial charge on any atom is 0.273 e. The van der Waals surface area contributed by atoms with Crippen molar-refractivity contribution in [3.05, 3.63) is 53.7 Å². The van der Waals surface area contributed by atoms with E-state index in [0.29, 0.717) is 30.6 Å². The van der Waals surface area contributed by atoms with Gasteiger partial charge in [-0.2, -0.15) is 0 Å². The molecule has 0 bridgehead atoms. The van der Waals surface area contributed by atoms with Crippen molar-refractivity contribution in [3.63, 3.8) is 0 Å². The molecule has 3 heterocycles. The van der Waals surface area contributed by atoms with Crippen molar-refractivity contribution < 1.29 is 13.9 Å². The zero-order valence-corrected chi connectivity index (χ0v) is 16.9. The number of ether oxygens (including phenoxy) is 1. The number of carbonyl (C=O) groups excluding carboxylic acids is 1. The Balaban J connectivity index is 1.19. The molecule has 2 aromatic rings. The summed E-state index contributed by atoms with van der Waals surface area (Å²) in [6, 6.07) is 10.6. The average Bonchev–Trinajstić information content (AvgIpc) is 3.23. The lowest BCUT2D eigenvalue weighted by atomic mass is 10.0. The molecule has 29 heavy (non-hydrogen) atoms. The highest BCUT2D eigenvalue weighted by atomic mass is 16.5. The van der Waals surface area contributed by atoms with E-state index >= 15 is 0 Å². The van der Waals surface area contributed by atoms with Gasteiger partial charge in [0, 0.05) is 52.5 Å². The maximum atomic E-state index is 12.3. The number of nitrogens with zero attached hydrogens (tertiary/aromatic N) is 3. The van der Waals surface area contributed by atoms with E-state index in [2.05, 4.69) is 50.4 Å². The van der Waals surface area contributed by atoms with Crippen LogP contribution in [-0.4, -0.2) is 66.6 Å². The monoisotopic (exact) mass is 398 g/mol. The molecule has 1 aromatic carbocycles. The number of rotatable bonds is 7. The van der Waals surface area contributed by atoms with Gasteiger partial charge in [-0.25, -0.2) is 4.98 Å². The second kappa shape index (κ2) is 10.0. The Morgan fingerprint density at radius 1 is 1.03 bits per heavy atom. The molecular weight excluding hydrogens is 368 g/mol. The second-order valence-corrected chi connectivity index (χ2v) is 7.93. The molecule has 2 aliphatic heterocycles. The Morgan fingerprint density at radius 3 is 2.45 bits per heavy atom. The lowest BCUT2D eigenvalue weighted by molar-refractivity contribution is 0.0642. The Morgan fingerprint density at radius 2 is 1.72 bits per heavy atom. The van der Waals surface area contributed by atoms with E-state index < -0.39 is 0 Å². The zero-order valence-electron chi connectivity index (χ0n) is 16.9. The number of hydrogen-bond acceptors (Lipinski definition) is 6. The second-order valence-electron chi connectivity index (χ2n) is 7.93. The number of amides is 1. The summed E-state index contributed by atoms with van der Waals surface area (Å²) in [5.41, 5.74) is 1.72. The van der Waals surface area contributed by atoms with Gasteiger partial charge in [-0.3, -0.25) is 14.6 Å². The van der Waals surface area contributed by atoms with Crippen molar-refractivity contribution in [2.24, 2.45) is 5.92 Å². The summed E-state index contributed by atoms with van der Waals surface area (Å²) in [7, 11) is 0. The van der Waals surface area contributed by atoms with E-state index in [1.807, 2.05) is 0 Å². The van der Waals surface area contributed by atoms with Crippen molar-refractivity contribution in [1.82, 2.24) is 20.1 Å². The van der Waals surface area contributed by atoms with Crippen molar-refractivity contribution in [2.75, 3.05) is 45.9 Å². The fourth-order valence-corrected chi connectivity index (χ4v) is 3.90. The molecule has 0 spiro atoms. The minimum atomic E-state index is -0.154. The molecule has 1 amide bonds. The van der Waals surface area contributed by atoms with Crippen LogP contribution in [0.15, 0.2) is 41.0 Å². The van der Waals surface area contributed by atoms with E-state index in [1.54, 1.807) is 0 Å². The van der Waals surface area contributed by atoms with Crippen LogP contribution >= 0.6 is 0 Å². The normalized spacial score (nSPS) is 19.3. The van der Waals surface area contributed by atoms with Crippen LogP contribution in [0.1, 0.15) is 34.8 Å². The van der Waals surface area contributed by atoms with Gasteiger partial charge in [0.25, 0.3) is 5.91 Å². The van der Waals surface area contributed by atoms with Crippen LogP contribution in [0.25, 0.3) is 0 Å². The van der Waals surface area contributed by atoms with Gasteiger partial charge in [0.05, 0.1) is 6.54 Å². The molecule has 2 aliphatic rings. The maximum absolute atomic E-state index is 12.3. The minimum Gasteiger partial charge on any atom is -0.447 e. The SMILES string of the molecule is O=C(NCC1CCOCC1)c1coc(CN2CCN(Cc3ccccc3)CC2)n1. The predicted molar refractivity (Wildman–Crippen MR) is 109 cm³/mol. The zero-order chi connectivity index (χ0) is 19.9. The molecule has 156 valence electrons. The molecule has 0 radical (unpaired) electrons. The lowest BCUT2D eigenvalue weighted by Crippen LogP contribution is -2.45. The minimum absolute atomic E-state index is 0.154. The van der Waals surface area contributed by atoms with Gasteiger partial charge >= 0.3 is 0 Å². The van der Waals surface area contributed by atoms with Crippen LogP contribution in [0.3, 0.4) is 0 Å². The Hall–Kier alpha value is -2.22. The molecular formula is C22H30N4O3. The lowest BCUT2D eigenvalue weighted by Gasteiger charge is -2.34. The molecule has 2 saturated heterocycles. The highest BCUT2D eigenvalue weighted by molar-refractivity contribution is 5.91. The highest BCUT2D eigenvalue weighted by Crippen LogP contribution is 2.14. The molecule has 0 aliphatic carbocycles. The van der Waals surface area contributed by atoms with E-state index in [1.165, 1.54) is 11.8 Å². The number of nitrogens with one attached hydrogen (secondary N) is 1. The van der Waals surface area contributed by atoms with E-state index in [-0.39, 0.29) is 5.91 Å². The van der Waals surface area contributed by atoms with Crippen LogP contribution in [-0.2, 0) is 17.8 Å². The van der Waals surface area contributed by atoms with Gasteiger partial charge in [-0.15, -0.1) is 0 Å². The van der Waals surface area contributed by atoms with Gasteiger partial charge in [0.2, 0.25) is 5.89 Å². The average molecular weight is 399 g/mol. The van der Waals surface area contributed by atoms with Gasteiger partial charge in [0.15, 0.2) is 5.69 Å². The summed E-state index contributed by atoms with van der Waals surface area (Å²) >= 11 is 0. The third-order valence-corrected chi connectivity index (χ3v) is 5.75. The van der Waals surface area contributed by atoms with Gasteiger partial charge in [-0.1, -0.05) is 30.3 Å². The molecule has 4 rings (SSSR count). The first-order valence-corrected chi connectivity index (χ1v) is 10.6. The molecule has 2 fully saturated rings. The molecule has 1 N–H and O–H groups in total. The summed E-state index contributed by atoms with van der Waals surface area (Å²) in [5.74, 6) is 0.947. The third-order valence-electron chi connectivity index (χ3n) is 5.75. The first-order valence-electron chi connectivity index (χ1n) is 10.6. The number of benzene rings is 1. The summed E-state index contributed by atoms with van der Waals surface area (Å²) in [6.45, 7) is 7.87. The Bertz CT molecular complexity index is 765. The van der Waals surface area contributed by atoms with Crippen molar-refractivity contribution in [2.45, 2.75) is 25.9 Å². The predicted octanol–water partition coefficient (Wildman–Crippen LogP) is 2.15. The Labute approximate surface area is 172 Å². The van der Waals surface area contributed by atoms with Crippen LogP contribution in [0, 0.1) is 5.92 Å². The van der Waals surface area contributed by atoms with Gasteiger partial charge < -0.3 is 14.5 Å². The van der Waals surface area contributed by atoms with Crippen molar-refractivity contribution in [3.8, 4) is 0 Å². The fraction of sp³-hybridized carbons (Fsp3) is 0.545. The molecule has 0 unspecified atom stereocenters. The molecule has 7 heteroatoms. The van der Waals surface area contributed by atoms with Crippen LogP contribution in [0.5, 0.6) is 0 Å².